The number of nitrogens with two attached hydrogens (primary N) is 2. The number of ether oxygens (including phenoxy) is 4. The minimum absolute atomic E-state index is 0.0469. The third kappa shape index (κ3) is 11.8. The average Bonchev–Trinajstić information content (AvgIpc) is 2.94. The SMILES string of the molecule is Nc1cc(N)cc(C(=O)OCCCOC(=O)/C=C/c2ccc(OC(=O)C3CCC(OCCCC(F)(F)F)CC3)cc2)c1. The summed E-state index contributed by atoms with van der Waals surface area (Å²) in [4.78, 5) is 36.5. The highest BCUT2D eigenvalue weighted by Gasteiger charge is 2.29. The molecule has 0 aliphatic heterocycles. The molecule has 1 fully saturated rings. The molecule has 0 aromatic heterocycles. The molecule has 12 heteroatoms. The van der Waals surface area contributed by atoms with Gasteiger partial charge in [-0.25, -0.2) is 9.59 Å². The molecule has 0 radical (unpaired) electrons. The fourth-order valence-electron chi connectivity index (χ4n) is 4.32. The quantitative estimate of drug-likeness (QED) is 0.102. The molecular weight excluding hydrogens is 557 g/mol. The zero-order chi connectivity index (χ0) is 30.5. The van der Waals surface area contributed by atoms with Crippen LogP contribution in [0.1, 0.15) is 60.9 Å². The highest BCUT2D eigenvalue weighted by atomic mass is 19.4. The van der Waals surface area contributed by atoms with E-state index in [0.29, 0.717) is 54.8 Å². The van der Waals surface area contributed by atoms with Gasteiger partial charge in [-0.05, 0) is 74.1 Å². The molecule has 1 aliphatic rings. The zero-order valence-corrected chi connectivity index (χ0v) is 23.1. The van der Waals surface area contributed by atoms with E-state index in [-0.39, 0.29) is 49.8 Å². The van der Waals surface area contributed by atoms with E-state index in [2.05, 4.69) is 0 Å². The molecular formula is C30H35F3N2O7. The molecule has 0 bridgehead atoms. The average molecular weight is 593 g/mol. The van der Waals surface area contributed by atoms with Crippen LogP contribution in [0.3, 0.4) is 0 Å². The van der Waals surface area contributed by atoms with Gasteiger partial charge in [-0.15, -0.1) is 0 Å². The molecule has 1 aliphatic carbocycles. The second-order valence-corrected chi connectivity index (χ2v) is 9.93. The Bertz CT molecular complexity index is 1200. The second kappa shape index (κ2) is 15.8. The maximum Gasteiger partial charge on any atom is 0.389 e. The van der Waals surface area contributed by atoms with E-state index in [9.17, 15) is 27.6 Å². The van der Waals surface area contributed by atoms with E-state index in [0.717, 1.165) is 0 Å². The van der Waals surface area contributed by atoms with Crippen molar-refractivity contribution in [1.29, 1.82) is 0 Å². The van der Waals surface area contributed by atoms with Crippen molar-refractivity contribution in [3.05, 3.63) is 59.7 Å². The van der Waals surface area contributed by atoms with Crippen LogP contribution in [0.2, 0.25) is 0 Å². The standard InChI is InChI=1S/C30H35F3N2O7/c31-30(32,33)13-1-14-39-25-10-6-21(7-11-25)29(38)42-26-8-3-20(4-9-26)5-12-27(36)40-15-2-16-41-28(37)22-17-23(34)19-24(35)18-22/h3-5,8-9,12,17-19,21,25H,1-2,6-7,10-11,13-16,34-35H2/b12-5+. The Morgan fingerprint density at radius 1 is 0.857 bits per heavy atom. The van der Waals surface area contributed by atoms with Crippen LogP contribution in [0.25, 0.3) is 6.08 Å². The fraction of sp³-hybridized carbons (Fsp3) is 0.433. The van der Waals surface area contributed by atoms with Crippen LogP contribution in [0.5, 0.6) is 5.75 Å². The molecule has 0 unspecified atom stereocenters. The predicted octanol–water partition coefficient (Wildman–Crippen LogP) is 5.48. The molecule has 3 rings (SSSR count). The Balaban J connectivity index is 1.30. The number of halogens is 3. The summed E-state index contributed by atoms with van der Waals surface area (Å²) in [5, 5.41) is 0. The highest BCUT2D eigenvalue weighted by Crippen LogP contribution is 2.29. The van der Waals surface area contributed by atoms with Crippen molar-refractivity contribution in [3.8, 4) is 5.75 Å². The summed E-state index contributed by atoms with van der Waals surface area (Å²) in [5.74, 6) is -1.44. The Hall–Kier alpha value is -4.06. The number of carbonyl (C=O) groups is 3. The molecule has 42 heavy (non-hydrogen) atoms. The Kier molecular flexibility index (Phi) is 12.2. The van der Waals surface area contributed by atoms with E-state index in [1.807, 2.05) is 0 Å². The molecule has 0 saturated heterocycles. The summed E-state index contributed by atoms with van der Waals surface area (Å²) in [5.41, 5.74) is 13.0. The first-order valence-corrected chi connectivity index (χ1v) is 13.7. The number of nitrogen functional groups attached to an aromatic ring is 2. The van der Waals surface area contributed by atoms with Crippen molar-refractivity contribution in [2.24, 2.45) is 5.92 Å². The van der Waals surface area contributed by atoms with E-state index in [1.54, 1.807) is 30.3 Å². The number of rotatable bonds is 13. The van der Waals surface area contributed by atoms with Crippen LogP contribution >= 0.6 is 0 Å². The van der Waals surface area contributed by atoms with Crippen molar-refractivity contribution < 1.29 is 46.5 Å². The molecule has 9 nitrogen and oxygen atoms in total. The predicted molar refractivity (Wildman–Crippen MR) is 149 cm³/mol. The fourth-order valence-corrected chi connectivity index (χ4v) is 4.32. The maximum atomic E-state index is 12.5. The summed E-state index contributed by atoms with van der Waals surface area (Å²) >= 11 is 0. The molecule has 228 valence electrons. The van der Waals surface area contributed by atoms with Gasteiger partial charge in [0.25, 0.3) is 0 Å². The van der Waals surface area contributed by atoms with Gasteiger partial charge in [-0.1, -0.05) is 12.1 Å². The van der Waals surface area contributed by atoms with Gasteiger partial charge in [0.15, 0.2) is 0 Å². The van der Waals surface area contributed by atoms with Crippen LogP contribution in [0.15, 0.2) is 48.5 Å². The lowest BCUT2D eigenvalue weighted by atomic mass is 9.87. The van der Waals surface area contributed by atoms with E-state index in [1.165, 1.54) is 24.3 Å². The number of benzene rings is 2. The van der Waals surface area contributed by atoms with Gasteiger partial charge in [0.05, 0.1) is 30.8 Å². The lowest BCUT2D eigenvalue weighted by Gasteiger charge is -2.27. The Morgan fingerprint density at radius 3 is 2.14 bits per heavy atom. The van der Waals surface area contributed by atoms with Gasteiger partial charge in [0.1, 0.15) is 5.75 Å². The molecule has 0 atom stereocenters. The summed E-state index contributed by atoms with van der Waals surface area (Å²) in [7, 11) is 0. The number of anilines is 2. The number of hydrogen-bond acceptors (Lipinski definition) is 9. The Labute approximate surface area is 241 Å². The van der Waals surface area contributed by atoms with Gasteiger partial charge in [-0.3, -0.25) is 4.79 Å². The first-order valence-electron chi connectivity index (χ1n) is 13.7. The van der Waals surface area contributed by atoms with Crippen molar-refractivity contribution in [1.82, 2.24) is 0 Å². The molecule has 0 amide bonds. The largest absolute Gasteiger partial charge is 0.462 e. The van der Waals surface area contributed by atoms with Gasteiger partial charge >= 0.3 is 24.1 Å². The summed E-state index contributed by atoms with van der Waals surface area (Å²) in [6, 6.07) is 11.0. The molecule has 2 aromatic carbocycles. The number of hydrogen-bond donors (Lipinski definition) is 2. The number of esters is 3. The summed E-state index contributed by atoms with van der Waals surface area (Å²) in [6.45, 7) is 0.152. The number of alkyl halides is 3. The summed E-state index contributed by atoms with van der Waals surface area (Å²) in [6.07, 6.45) is 0.138. The number of carbonyl (C=O) groups excluding carboxylic acids is 3. The third-order valence-corrected chi connectivity index (χ3v) is 6.46. The minimum atomic E-state index is -4.18. The lowest BCUT2D eigenvalue weighted by molar-refractivity contribution is -0.143. The monoisotopic (exact) mass is 592 g/mol. The lowest BCUT2D eigenvalue weighted by Crippen LogP contribution is -2.29. The van der Waals surface area contributed by atoms with E-state index in [4.69, 9.17) is 30.4 Å². The smallest absolute Gasteiger partial charge is 0.389 e. The normalized spacial score (nSPS) is 17.1. The van der Waals surface area contributed by atoms with Crippen LogP contribution in [0, 0.1) is 5.92 Å². The van der Waals surface area contributed by atoms with E-state index < -0.39 is 24.5 Å². The maximum absolute atomic E-state index is 12.5. The van der Waals surface area contributed by atoms with Gasteiger partial charge in [0, 0.05) is 36.9 Å². The van der Waals surface area contributed by atoms with Crippen molar-refractivity contribution in [3.63, 3.8) is 0 Å². The molecule has 0 spiro atoms. The minimum Gasteiger partial charge on any atom is -0.462 e. The first kappa shape index (κ1) is 32.5. The topological polar surface area (TPSA) is 140 Å². The van der Waals surface area contributed by atoms with Crippen LogP contribution in [-0.4, -0.2) is 50.0 Å². The van der Waals surface area contributed by atoms with Gasteiger partial charge in [-0.2, -0.15) is 13.2 Å². The second-order valence-electron chi connectivity index (χ2n) is 9.93. The molecule has 4 N–H and O–H groups in total. The van der Waals surface area contributed by atoms with Gasteiger partial charge < -0.3 is 30.4 Å². The third-order valence-electron chi connectivity index (χ3n) is 6.46. The zero-order valence-electron chi connectivity index (χ0n) is 23.1. The Morgan fingerprint density at radius 2 is 1.50 bits per heavy atom. The van der Waals surface area contributed by atoms with Crippen LogP contribution in [-0.2, 0) is 23.8 Å². The molecule has 0 heterocycles. The van der Waals surface area contributed by atoms with Crippen molar-refractivity contribution in [2.75, 3.05) is 31.3 Å². The van der Waals surface area contributed by atoms with Crippen LogP contribution in [0.4, 0.5) is 24.5 Å². The molecule has 2 aromatic rings. The van der Waals surface area contributed by atoms with E-state index >= 15 is 0 Å². The first-order chi connectivity index (χ1) is 20.0. The van der Waals surface area contributed by atoms with Crippen molar-refractivity contribution >= 4 is 35.4 Å². The van der Waals surface area contributed by atoms with Crippen LogP contribution < -0.4 is 16.2 Å². The highest BCUT2D eigenvalue weighted by molar-refractivity contribution is 5.91. The van der Waals surface area contributed by atoms with Gasteiger partial charge in [0.2, 0.25) is 0 Å². The van der Waals surface area contributed by atoms with Crippen molar-refractivity contribution in [2.45, 2.75) is 57.2 Å². The summed E-state index contributed by atoms with van der Waals surface area (Å²) < 4.78 is 57.9. The molecule has 1 saturated carbocycles.